The van der Waals surface area contributed by atoms with E-state index in [9.17, 15) is 19.5 Å². The summed E-state index contributed by atoms with van der Waals surface area (Å²) < 4.78 is 12.0. The number of methoxy groups -OCH3 is 1. The summed E-state index contributed by atoms with van der Waals surface area (Å²) in [6.45, 7) is 2.12. The van der Waals surface area contributed by atoms with E-state index in [0.29, 0.717) is 36.3 Å². The zero-order valence-electron chi connectivity index (χ0n) is 16.3. The van der Waals surface area contributed by atoms with Gasteiger partial charge in [-0.2, -0.15) is 5.10 Å². The number of ketones is 1. The Kier molecular flexibility index (Phi) is 4.99. The fourth-order valence-corrected chi connectivity index (χ4v) is 4.12. The summed E-state index contributed by atoms with van der Waals surface area (Å²) in [7, 11) is 1.58. The number of carbonyl (C=O) groups is 3. The monoisotopic (exact) mass is 401 g/mol. The number of piperidine rings is 1. The topological polar surface area (TPSA) is 111 Å². The van der Waals surface area contributed by atoms with Gasteiger partial charge in [-0.05, 0) is 37.0 Å². The normalized spacial score (nSPS) is 22.6. The summed E-state index contributed by atoms with van der Waals surface area (Å²) in [5, 5.41) is 14.4. The number of aliphatic carboxylic acids is 1. The van der Waals surface area contributed by atoms with Crippen molar-refractivity contribution in [1.82, 2.24) is 14.7 Å². The summed E-state index contributed by atoms with van der Waals surface area (Å²) in [5.74, 6) is -0.620. The molecule has 1 aromatic carbocycles. The highest BCUT2D eigenvalue weighted by atomic mass is 16.5. The number of carboxylic acid groups (broad SMARTS) is 1. The molecule has 2 aromatic rings. The van der Waals surface area contributed by atoms with E-state index in [0.717, 1.165) is 6.42 Å². The standard InChI is InChI=1S/C20H23N3O6/c1-11(24)19-14-9-13(29-6-5-28-2)3-4-15(14)22(21-19)10-18(25)23-16-7-12(16)8-17(23)20(26)27/h3-4,9,12,16-17H,5-8,10H2,1-2H3,(H,26,27)/t12-,16-,17+/m1/s1. The molecule has 0 radical (unpaired) electrons. The van der Waals surface area contributed by atoms with Crippen LogP contribution in [0.3, 0.4) is 0 Å². The fraction of sp³-hybridized carbons (Fsp3) is 0.500. The van der Waals surface area contributed by atoms with Crippen LogP contribution in [0, 0.1) is 5.92 Å². The molecule has 1 amide bonds. The predicted octanol–water partition coefficient (Wildman–Crippen LogP) is 1.34. The van der Waals surface area contributed by atoms with Gasteiger partial charge in [0.05, 0.1) is 12.1 Å². The molecule has 9 nitrogen and oxygen atoms in total. The maximum atomic E-state index is 12.9. The van der Waals surface area contributed by atoms with Crippen LogP contribution in [0.5, 0.6) is 5.75 Å². The number of benzene rings is 1. The molecule has 0 unspecified atom stereocenters. The largest absolute Gasteiger partial charge is 0.491 e. The molecular formula is C20H23N3O6. The highest BCUT2D eigenvalue weighted by Crippen LogP contribution is 2.48. The maximum absolute atomic E-state index is 12.9. The molecule has 3 atom stereocenters. The minimum Gasteiger partial charge on any atom is -0.491 e. The molecule has 1 N–H and O–H groups in total. The molecule has 1 saturated heterocycles. The lowest BCUT2D eigenvalue weighted by Crippen LogP contribution is -2.44. The van der Waals surface area contributed by atoms with Gasteiger partial charge >= 0.3 is 5.97 Å². The Morgan fingerprint density at radius 2 is 2.03 bits per heavy atom. The van der Waals surface area contributed by atoms with Gasteiger partial charge in [-0.1, -0.05) is 0 Å². The van der Waals surface area contributed by atoms with Crippen molar-refractivity contribution < 1.29 is 29.0 Å². The first-order valence-corrected chi connectivity index (χ1v) is 9.58. The van der Waals surface area contributed by atoms with Crippen LogP contribution in [0.2, 0.25) is 0 Å². The molecule has 0 spiro atoms. The van der Waals surface area contributed by atoms with E-state index in [1.54, 1.807) is 25.3 Å². The number of hydrogen-bond donors (Lipinski definition) is 1. The van der Waals surface area contributed by atoms with E-state index < -0.39 is 12.0 Å². The Labute approximate surface area is 167 Å². The van der Waals surface area contributed by atoms with Crippen LogP contribution in [0.1, 0.15) is 30.3 Å². The number of Topliss-reactive ketones (excluding diaryl/α,β-unsaturated/α-hetero) is 1. The molecular weight excluding hydrogens is 378 g/mol. The number of nitrogens with zero attached hydrogens (tertiary/aromatic N) is 3. The van der Waals surface area contributed by atoms with Crippen molar-refractivity contribution in [3.8, 4) is 5.75 Å². The van der Waals surface area contributed by atoms with Crippen molar-refractivity contribution >= 4 is 28.6 Å². The second-order valence-electron chi connectivity index (χ2n) is 7.54. The van der Waals surface area contributed by atoms with E-state index in [1.807, 2.05) is 0 Å². The van der Waals surface area contributed by atoms with Crippen LogP contribution >= 0.6 is 0 Å². The van der Waals surface area contributed by atoms with E-state index in [2.05, 4.69) is 5.10 Å². The number of carbonyl (C=O) groups excluding carboxylic acids is 2. The lowest BCUT2D eigenvalue weighted by molar-refractivity contribution is -0.149. The Hall–Kier alpha value is -2.94. The number of hydrogen-bond acceptors (Lipinski definition) is 6. The van der Waals surface area contributed by atoms with Crippen molar-refractivity contribution in [2.24, 2.45) is 5.92 Å². The summed E-state index contributed by atoms with van der Waals surface area (Å²) in [6, 6.07) is 4.46. The van der Waals surface area contributed by atoms with Crippen LogP contribution in [0.15, 0.2) is 18.2 Å². The van der Waals surface area contributed by atoms with Crippen LogP contribution < -0.4 is 4.74 Å². The average molecular weight is 401 g/mol. The minimum absolute atomic E-state index is 0.0125. The number of fused-ring (bicyclic) bond motifs is 2. The maximum Gasteiger partial charge on any atom is 0.326 e. The van der Waals surface area contributed by atoms with E-state index in [1.165, 1.54) is 16.5 Å². The zero-order valence-corrected chi connectivity index (χ0v) is 16.3. The molecule has 2 aliphatic rings. The van der Waals surface area contributed by atoms with Gasteiger partial charge in [-0.25, -0.2) is 4.79 Å². The molecule has 29 heavy (non-hydrogen) atoms. The third-order valence-electron chi connectivity index (χ3n) is 5.57. The first-order chi connectivity index (χ1) is 13.9. The number of aromatic nitrogens is 2. The van der Waals surface area contributed by atoms with Crippen LogP contribution in [-0.4, -0.2) is 69.9 Å². The van der Waals surface area contributed by atoms with Gasteiger partial charge in [0.1, 0.15) is 30.6 Å². The molecule has 4 rings (SSSR count). The Bertz CT molecular complexity index is 984. The second-order valence-corrected chi connectivity index (χ2v) is 7.54. The number of rotatable bonds is 8. The van der Waals surface area contributed by atoms with E-state index in [4.69, 9.17) is 9.47 Å². The Balaban J connectivity index is 1.61. The van der Waals surface area contributed by atoms with Crippen molar-refractivity contribution in [3.05, 3.63) is 23.9 Å². The fourth-order valence-electron chi connectivity index (χ4n) is 4.12. The van der Waals surface area contributed by atoms with E-state index >= 15 is 0 Å². The molecule has 1 aliphatic carbocycles. The first-order valence-electron chi connectivity index (χ1n) is 9.58. The van der Waals surface area contributed by atoms with E-state index in [-0.39, 0.29) is 35.9 Å². The van der Waals surface area contributed by atoms with Crippen molar-refractivity contribution in [2.45, 2.75) is 38.4 Å². The highest BCUT2D eigenvalue weighted by molar-refractivity contribution is 6.05. The summed E-state index contributed by atoms with van der Waals surface area (Å²) in [6.07, 6.45) is 1.36. The molecule has 1 aromatic heterocycles. The van der Waals surface area contributed by atoms with Crippen LogP contribution in [0.25, 0.3) is 10.9 Å². The second kappa shape index (κ2) is 7.47. The summed E-state index contributed by atoms with van der Waals surface area (Å²) in [5.41, 5.74) is 0.881. The van der Waals surface area contributed by atoms with Crippen molar-refractivity contribution in [3.63, 3.8) is 0 Å². The SMILES string of the molecule is COCCOc1ccc2c(c1)c(C(C)=O)nn2CC(=O)N1[C@@H]2C[C@@H]2C[C@H]1C(=O)O. The lowest BCUT2D eigenvalue weighted by atomic mass is 10.1. The highest BCUT2D eigenvalue weighted by Gasteiger charge is 2.56. The van der Waals surface area contributed by atoms with Crippen LogP contribution in [-0.2, 0) is 20.9 Å². The number of carboxylic acids is 1. The third kappa shape index (κ3) is 3.57. The molecule has 1 aliphatic heterocycles. The third-order valence-corrected chi connectivity index (χ3v) is 5.57. The Morgan fingerprint density at radius 1 is 1.24 bits per heavy atom. The molecule has 1 saturated carbocycles. The van der Waals surface area contributed by atoms with Gasteiger partial charge in [-0.3, -0.25) is 14.3 Å². The number of likely N-dealkylation sites (tertiary alicyclic amines) is 1. The molecule has 2 fully saturated rings. The van der Waals surface area contributed by atoms with Crippen LogP contribution in [0.4, 0.5) is 0 Å². The average Bonchev–Trinajstić information content (AvgIpc) is 3.18. The van der Waals surface area contributed by atoms with Gasteiger partial charge in [0.2, 0.25) is 5.91 Å². The summed E-state index contributed by atoms with van der Waals surface area (Å²) in [4.78, 5) is 38.0. The predicted molar refractivity (Wildman–Crippen MR) is 102 cm³/mol. The van der Waals surface area contributed by atoms with Gasteiger partial charge < -0.3 is 19.5 Å². The van der Waals surface area contributed by atoms with Gasteiger partial charge in [0, 0.05) is 25.5 Å². The Morgan fingerprint density at radius 3 is 2.72 bits per heavy atom. The summed E-state index contributed by atoms with van der Waals surface area (Å²) >= 11 is 0. The molecule has 2 heterocycles. The quantitative estimate of drug-likeness (QED) is 0.525. The molecule has 9 heteroatoms. The number of ether oxygens (including phenoxy) is 2. The van der Waals surface area contributed by atoms with Crippen molar-refractivity contribution in [1.29, 1.82) is 0 Å². The zero-order chi connectivity index (χ0) is 20.7. The van der Waals surface area contributed by atoms with Gasteiger partial charge in [0.25, 0.3) is 0 Å². The van der Waals surface area contributed by atoms with Gasteiger partial charge in [-0.15, -0.1) is 0 Å². The minimum atomic E-state index is -0.974. The smallest absolute Gasteiger partial charge is 0.326 e. The lowest BCUT2D eigenvalue weighted by Gasteiger charge is -2.24. The molecule has 0 bridgehead atoms. The van der Waals surface area contributed by atoms with Crippen molar-refractivity contribution in [2.75, 3.05) is 20.3 Å². The van der Waals surface area contributed by atoms with Gasteiger partial charge in [0.15, 0.2) is 5.78 Å². The number of amides is 1. The first kappa shape index (κ1) is 19.4. The molecule has 154 valence electrons.